The first-order chi connectivity index (χ1) is 15.5. The zero-order chi connectivity index (χ0) is 22.2. The number of morpholine rings is 1. The van der Waals surface area contributed by atoms with Crippen molar-refractivity contribution < 1.29 is 14.3 Å². The van der Waals surface area contributed by atoms with Crippen LogP contribution in [0.5, 0.6) is 0 Å². The highest BCUT2D eigenvalue weighted by molar-refractivity contribution is 6.14. The van der Waals surface area contributed by atoms with Crippen molar-refractivity contribution in [1.29, 1.82) is 5.26 Å². The predicted molar refractivity (Wildman–Crippen MR) is 119 cm³/mol. The second-order valence-electron chi connectivity index (χ2n) is 7.62. The van der Waals surface area contributed by atoms with Gasteiger partial charge in [-0.3, -0.25) is 9.59 Å². The second-order valence-corrected chi connectivity index (χ2v) is 7.62. The minimum Gasteiger partial charge on any atom is -0.378 e. The average molecular weight is 425 g/mol. The third-order valence-electron chi connectivity index (χ3n) is 5.67. The van der Waals surface area contributed by atoms with Crippen LogP contribution >= 0.6 is 0 Å². The van der Waals surface area contributed by atoms with E-state index in [0.29, 0.717) is 65.2 Å². The highest BCUT2D eigenvalue weighted by atomic mass is 16.5. The molecular weight excluding hydrogens is 406 g/mol. The first kappa shape index (κ1) is 19.7. The van der Waals surface area contributed by atoms with Gasteiger partial charge in [-0.05, 0) is 36.4 Å². The number of ether oxygens (including phenoxy) is 1. The Balaban J connectivity index is 1.64. The van der Waals surface area contributed by atoms with Crippen LogP contribution in [0.1, 0.15) is 26.3 Å². The van der Waals surface area contributed by atoms with Gasteiger partial charge >= 0.3 is 0 Å². The summed E-state index contributed by atoms with van der Waals surface area (Å²) < 4.78 is 5.32. The molecule has 4 aromatic rings. The quantitative estimate of drug-likeness (QED) is 0.522. The number of fused-ring (bicyclic) bond motifs is 3. The number of aromatic amines is 1. The number of pyridine rings is 1. The van der Waals surface area contributed by atoms with Crippen molar-refractivity contribution >= 4 is 33.8 Å². The SMILES string of the molecule is N#Cc1ccc(-c2cc(C(N)=O)c3[nH]c4cc(C(=O)N5CCOCC5)ccc4c3n2)cc1. The fourth-order valence-electron chi connectivity index (χ4n) is 4.00. The third-order valence-corrected chi connectivity index (χ3v) is 5.67. The highest BCUT2D eigenvalue weighted by Crippen LogP contribution is 2.31. The number of H-pyrrole nitrogens is 1. The smallest absolute Gasteiger partial charge is 0.254 e. The van der Waals surface area contributed by atoms with Crippen molar-refractivity contribution in [1.82, 2.24) is 14.9 Å². The minimum atomic E-state index is -0.580. The standard InChI is InChI=1S/C24H19N5O3/c25-13-14-1-3-15(4-2-14)19-12-18(23(26)30)22-21(27-19)17-6-5-16(11-20(17)28-22)24(31)29-7-9-32-10-8-29/h1-6,11-12,28H,7-10H2,(H2,26,30). The van der Waals surface area contributed by atoms with Crippen LogP contribution in [0.4, 0.5) is 0 Å². The van der Waals surface area contributed by atoms with Crippen LogP contribution in [-0.2, 0) is 4.74 Å². The van der Waals surface area contributed by atoms with Gasteiger partial charge in [-0.15, -0.1) is 0 Å². The Labute approximate surface area is 183 Å². The van der Waals surface area contributed by atoms with E-state index in [0.717, 1.165) is 10.9 Å². The summed E-state index contributed by atoms with van der Waals surface area (Å²) in [6.07, 6.45) is 0. The van der Waals surface area contributed by atoms with Gasteiger partial charge in [0.2, 0.25) is 0 Å². The Morgan fingerprint density at radius 2 is 1.84 bits per heavy atom. The summed E-state index contributed by atoms with van der Waals surface area (Å²) in [7, 11) is 0. The molecule has 1 saturated heterocycles. The Morgan fingerprint density at radius 3 is 2.53 bits per heavy atom. The lowest BCUT2D eigenvalue weighted by molar-refractivity contribution is 0.0303. The highest BCUT2D eigenvalue weighted by Gasteiger charge is 2.21. The largest absolute Gasteiger partial charge is 0.378 e. The number of benzene rings is 2. The number of nitrogens with two attached hydrogens (primary N) is 1. The van der Waals surface area contributed by atoms with Crippen LogP contribution in [-0.4, -0.2) is 53.0 Å². The van der Waals surface area contributed by atoms with Crippen LogP contribution in [0.15, 0.2) is 48.5 Å². The first-order valence-corrected chi connectivity index (χ1v) is 10.2. The van der Waals surface area contributed by atoms with Crippen molar-refractivity contribution in [2.45, 2.75) is 0 Å². The number of rotatable bonds is 3. The number of nitriles is 1. The summed E-state index contributed by atoms with van der Waals surface area (Å²) in [6.45, 7) is 2.19. The summed E-state index contributed by atoms with van der Waals surface area (Å²) in [5.41, 5.74) is 10.2. The Kier molecular flexibility index (Phi) is 4.81. The molecule has 0 aliphatic carbocycles. The predicted octanol–water partition coefficient (Wildman–Crippen LogP) is 2.83. The molecule has 1 fully saturated rings. The molecular formula is C24H19N5O3. The normalized spacial score (nSPS) is 13.9. The molecule has 8 heteroatoms. The molecule has 8 nitrogen and oxygen atoms in total. The molecule has 0 unspecified atom stereocenters. The number of carbonyl (C=O) groups excluding carboxylic acids is 2. The van der Waals surface area contributed by atoms with Gasteiger partial charge in [-0.2, -0.15) is 5.26 Å². The molecule has 32 heavy (non-hydrogen) atoms. The summed E-state index contributed by atoms with van der Waals surface area (Å²) >= 11 is 0. The van der Waals surface area contributed by atoms with Crippen molar-refractivity contribution in [3.63, 3.8) is 0 Å². The Morgan fingerprint density at radius 1 is 1.09 bits per heavy atom. The van der Waals surface area contributed by atoms with Gasteiger partial charge < -0.3 is 20.4 Å². The van der Waals surface area contributed by atoms with Gasteiger partial charge in [0.1, 0.15) is 0 Å². The lowest BCUT2D eigenvalue weighted by atomic mass is 10.0. The fourth-order valence-corrected chi connectivity index (χ4v) is 4.00. The molecule has 3 heterocycles. The number of carbonyl (C=O) groups is 2. The van der Waals surface area contributed by atoms with E-state index < -0.39 is 5.91 Å². The fraction of sp³-hybridized carbons (Fsp3) is 0.167. The second kappa shape index (κ2) is 7.80. The molecule has 0 radical (unpaired) electrons. The van der Waals surface area contributed by atoms with Gasteiger partial charge in [0, 0.05) is 35.1 Å². The average Bonchev–Trinajstić information content (AvgIpc) is 3.21. The number of nitrogens with zero attached hydrogens (tertiary/aromatic N) is 3. The summed E-state index contributed by atoms with van der Waals surface area (Å²) in [5.74, 6) is -0.640. The number of hydrogen-bond acceptors (Lipinski definition) is 5. The van der Waals surface area contributed by atoms with E-state index >= 15 is 0 Å². The van der Waals surface area contributed by atoms with E-state index in [-0.39, 0.29) is 5.91 Å². The van der Waals surface area contributed by atoms with E-state index in [4.69, 9.17) is 20.7 Å². The number of hydrogen-bond donors (Lipinski definition) is 2. The van der Waals surface area contributed by atoms with Crippen molar-refractivity contribution in [2.24, 2.45) is 5.73 Å². The maximum absolute atomic E-state index is 12.9. The molecule has 2 aromatic carbocycles. The van der Waals surface area contributed by atoms with E-state index in [1.165, 1.54) is 0 Å². The van der Waals surface area contributed by atoms with Gasteiger partial charge in [-0.25, -0.2) is 4.98 Å². The minimum absolute atomic E-state index is 0.0600. The Bertz CT molecular complexity index is 1410. The summed E-state index contributed by atoms with van der Waals surface area (Å²) in [5, 5.41) is 9.82. The molecule has 0 atom stereocenters. The topological polar surface area (TPSA) is 125 Å². The van der Waals surface area contributed by atoms with Gasteiger partial charge in [0.05, 0.1) is 47.1 Å². The zero-order valence-electron chi connectivity index (χ0n) is 17.1. The number of amides is 2. The number of primary amides is 1. The lowest BCUT2D eigenvalue weighted by Gasteiger charge is -2.26. The van der Waals surface area contributed by atoms with Crippen LogP contribution < -0.4 is 5.73 Å². The first-order valence-electron chi connectivity index (χ1n) is 10.2. The summed E-state index contributed by atoms with van der Waals surface area (Å²) in [6, 6.07) is 16.1. The molecule has 0 spiro atoms. The van der Waals surface area contributed by atoms with E-state index in [1.54, 1.807) is 47.4 Å². The van der Waals surface area contributed by atoms with Gasteiger partial charge in [0.25, 0.3) is 11.8 Å². The van der Waals surface area contributed by atoms with Crippen LogP contribution in [0, 0.1) is 11.3 Å². The molecule has 1 aliphatic rings. The molecule has 1 aliphatic heterocycles. The third kappa shape index (κ3) is 3.35. The molecule has 2 aromatic heterocycles. The van der Waals surface area contributed by atoms with Crippen molar-refractivity contribution in [3.8, 4) is 17.3 Å². The molecule has 2 amide bonds. The van der Waals surface area contributed by atoms with Crippen LogP contribution in [0.25, 0.3) is 33.2 Å². The lowest BCUT2D eigenvalue weighted by Crippen LogP contribution is -2.40. The Hall–Kier alpha value is -4.22. The molecule has 158 valence electrons. The number of aromatic nitrogens is 2. The van der Waals surface area contributed by atoms with E-state index in [1.807, 2.05) is 6.07 Å². The molecule has 3 N–H and O–H groups in total. The van der Waals surface area contributed by atoms with Crippen molar-refractivity contribution in [3.05, 3.63) is 65.2 Å². The van der Waals surface area contributed by atoms with E-state index in [2.05, 4.69) is 11.1 Å². The van der Waals surface area contributed by atoms with Gasteiger partial charge in [-0.1, -0.05) is 12.1 Å². The molecule has 0 bridgehead atoms. The monoisotopic (exact) mass is 425 g/mol. The molecule has 0 saturated carbocycles. The summed E-state index contributed by atoms with van der Waals surface area (Å²) in [4.78, 5) is 34.8. The molecule has 5 rings (SSSR count). The zero-order valence-corrected chi connectivity index (χ0v) is 17.1. The maximum atomic E-state index is 12.9. The van der Waals surface area contributed by atoms with Crippen LogP contribution in [0.2, 0.25) is 0 Å². The van der Waals surface area contributed by atoms with Crippen molar-refractivity contribution in [2.75, 3.05) is 26.3 Å². The maximum Gasteiger partial charge on any atom is 0.254 e. The van der Waals surface area contributed by atoms with E-state index in [9.17, 15) is 9.59 Å². The number of nitrogens with one attached hydrogen (secondary N) is 1. The van der Waals surface area contributed by atoms with Crippen LogP contribution in [0.3, 0.4) is 0 Å². The van der Waals surface area contributed by atoms with Gasteiger partial charge in [0.15, 0.2) is 0 Å².